The van der Waals surface area contributed by atoms with Crippen molar-refractivity contribution < 1.29 is 19.0 Å². The first-order valence-electron chi connectivity index (χ1n) is 7.89. The number of hydrogen-bond acceptors (Lipinski definition) is 6. The second kappa shape index (κ2) is 6.37. The Morgan fingerprint density at radius 2 is 2.13 bits per heavy atom. The number of ether oxygens (including phenoxy) is 1. The molecule has 0 aliphatic carbocycles. The van der Waals surface area contributed by atoms with E-state index in [2.05, 4.69) is 9.97 Å². The average Bonchev–Trinajstić information content (AvgIpc) is 3.06. The maximum absolute atomic E-state index is 14.4. The van der Waals surface area contributed by atoms with Gasteiger partial charge in [0.1, 0.15) is 11.9 Å². The Labute approximate surface area is 134 Å². The van der Waals surface area contributed by atoms with Crippen LogP contribution in [0.3, 0.4) is 0 Å². The third kappa shape index (κ3) is 2.76. The monoisotopic (exact) mass is 324 g/mol. The molecule has 1 unspecified atom stereocenters. The first-order chi connectivity index (χ1) is 11.1. The van der Waals surface area contributed by atoms with Gasteiger partial charge in [0, 0.05) is 39.2 Å². The van der Waals surface area contributed by atoms with Crippen molar-refractivity contribution >= 4 is 11.8 Å². The molecule has 23 heavy (non-hydrogen) atoms. The molecule has 2 aliphatic rings. The smallest absolute Gasteiger partial charge is 0.326 e. The number of piperazine rings is 1. The topological polar surface area (TPSA) is 78.8 Å². The van der Waals surface area contributed by atoms with E-state index in [1.54, 1.807) is 0 Å². The van der Waals surface area contributed by atoms with Gasteiger partial charge in [-0.3, -0.25) is 9.69 Å². The fourth-order valence-electron chi connectivity index (χ4n) is 3.32. The van der Waals surface area contributed by atoms with Crippen LogP contribution in [0.15, 0.2) is 6.33 Å². The number of halogens is 1. The normalized spacial score (nSPS) is 25.7. The number of nitrogens with zero attached hydrogens (tertiary/aromatic N) is 4. The van der Waals surface area contributed by atoms with Crippen LogP contribution in [0, 0.1) is 5.82 Å². The summed E-state index contributed by atoms with van der Waals surface area (Å²) in [5.41, 5.74) is -0.533. The highest BCUT2D eigenvalue weighted by Gasteiger charge is 2.48. The van der Waals surface area contributed by atoms with Crippen molar-refractivity contribution in [2.75, 3.05) is 44.3 Å². The largest absolute Gasteiger partial charge is 0.480 e. The maximum atomic E-state index is 14.4. The highest BCUT2D eigenvalue weighted by molar-refractivity contribution is 5.79. The van der Waals surface area contributed by atoms with Gasteiger partial charge in [-0.25, -0.2) is 14.4 Å². The molecule has 3 rings (SSSR count). The fraction of sp³-hybridized carbons (Fsp3) is 0.667. The lowest BCUT2D eigenvalue weighted by molar-refractivity contribution is -0.152. The Kier molecular flexibility index (Phi) is 4.45. The second-order valence-corrected chi connectivity index (χ2v) is 5.92. The minimum atomic E-state index is -0.940. The van der Waals surface area contributed by atoms with Crippen molar-refractivity contribution in [2.45, 2.75) is 25.3 Å². The minimum Gasteiger partial charge on any atom is -0.480 e. The Bertz CT molecular complexity index is 584. The number of aryl methyl sites for hydroxylation is 1. The summed E-state index contributed by atoms with van der Waals surface area (Å²) < 4.78 is 19.7. The molecule has 2 fully saturated rings. The van der Waals surface area contributed by atoms with E-state index in [1.807, 2.05) is 16.7 Å². The quantitative estimate of drug-likeness (QED) is 0.866. The van der Waals surface area contributed by atoms with E-state index in [9.17, 15) is 14.3 Å². The van der Waals surface area contributed by atoms with E-state index < -0.39 is 11.5 Å². The summed E-state index contributed by atoms with van der Waals surface area (Å²) in [4.78, 5) is 23.5. The lowest BCUT2D eigenvalue weighted by Gasteiger charge is -2.42. The zero-order valence-electron chi connectivity index (χ0n) is 13.2. The van der Waals surface area contributed by atoms with E-state index in [4.69, 9.17) is 4.74 Å². The molecule has 8 heteroatoms. The highest BCUT2D eigenvalue weighted by Crippen LogP contribution is 2.29. The standard InChI is InChI=1S/C15H21FN4O3/c1-2-11-12(16)13(18-10-17-11)19-4-6-20(7-5-19)15(14(21)22)3-8-23-9-15/h10H,2-9H2,1H3,(H,21,22). The molecule has 0 spiro atoms. The number of carboxylic acid groups (broad SMARTS) is 1. The predicted octanol–water partition coefficient (Wildman–Crippen LogP) is 0.544. The van der Waals surface area contributed by atoms with Gasteiger partial charge in [-0.05, 0) is 6.42 Å². The molecule has 3 heterocycles. The molecule has 1 aromatic rings. The zero-order valence-corrected chi connectivity index (χ0v) is 13.2. The molecule has 7 nitrogen and oxygen atoms in total. The van der Waals surface area contributed by atoms with Crippen LogP contribution in [-0.4, -0.2) is 70.9 Å². The van der Waals surface area contributed by atoms with Crippen molar-refractivity contribution in [3.05, 3.63) is 17.8 Å². The third-order valence-electron chi connectivity index (χ3n) is 4.76. The number of hydrogen-bond donors (Lipinski definition) is 1. The number of carbonyl (C=O) groups is 1. The molecule has 1 N–H and O–H groups in total. The van der Waals surface area contributed by atoms with Gasteiger partial charge in [0.15, 0.2) is 11.6 Å². The fourth-order valence-corrected chi connectivity index (χ4v) is 3.32. The summed E-state index contributed by atoms with van der Waals surface area (Å²) in [5.74, 6) is -0.908. The lowest BCUT2D eigenvalue weighted by atomic mass is 9.95. The van der Waals surface area contributed by atoms with E-state index in [0.29, 0.717) is 57.1 Å². The molecule has 1 atom stereocenters. The van der Waals surface area contributed by atoms with Crippen molar-refractivity contribution in [3.63, 3.8) is 0 Å². The molecule has 2 saturated heterocycles. The van der Waals surface area contributed by atoms with Gasteiger partial charge in [-0.2, -0.15) is 0 Å². The lowest BCUT2D eigenvalue weighted by Crippen LogP contribution is -2.61. The Morgan fingerprint density at radius 3 is 2.70 bits per heavy atom. The number of anilines is 1. The summed E-state index contributed by atoms with van der Waals surface area (Å²) >= 11 is 0. The van der Waals surface area contributed by atoms with E-state index in [0.717, 1.165) is 0 Å². The van der Waals surface area contributed by atoms with Gasteiger partial charge in [-0.15, -0.1) is 0 Å². The van der Waals surface area contributed by atoms with E-state index in [-0.39, 0.29) is 12.4 Å². The summed E-state index contributed by atoms with van der Waals surface area (Å²) in [6.07, 6.45) is 2.39. The summed E-state index contributed by atoms with van der Waals surface area (Å²) in [5, 5.41) is 9.60. The van der Waals surface area contributed by atoms with Crippen LogP contribution in [0.1, 0.15) is 19.0 Å². The van der Waals surface area contributed by atoms with E-state index in [1.165, 1.54) is 6.33 Å². The molecule has 126 valence electrons. The van der Waals surface area contributed by atoms with Gasteiger partial charge in [0.25, 0.3) is 0 Å². The number of aromatic nitrogens is 2. The highest BCUT2D eigenvalue weighted by atomic mass is 19.1. The maximum Gasteiger partial charge on any atom is 0.326 e. The van der Waals surface area contributed by atoms with Gasteiger partial charge in [0.05, 0.1) is 12.3 Å². The predicted molar refractivity (Wildman–Crippen MR) is 81.0 cm³/mol. The Balaban J connectivity index is 1.73. The zero-order chi connectivity index (χ0) is 16.4. The molecule has 0 radical (unpaired) electrons. The molecule has 0 aromatic carbocycles. The van der Waals surface area contributed by atoms with Gasteiger partial charge in [-0.1, -0.05) is 6.92 Å². The number of carboxylic acids is 1. The summed E-state index contributed by atoms with van der Waals surface area (Å²) in [6.45, 7) is 4.68. The Morgan fingerprint density at radius 1 is 1.39 bits per heavy atom. The van der Waals surface area contributed by atoms with Crippen molar-refractivity contribution in [1.29, 1.82) is 0 Å². The van der Waals surface area contributed by atoms with Crippen LogP contribution in [0.2, 0.25) is 0 Å². The van der Waals surface area contributed by atoms with Crippen LogP contribution in [0.25, 0.3) is 0 Å². The van der Waals surface area contributed by atoms with Crippen LogP contribution < -0.4 is 4.90 Å². The first kappa shape index (κ1) is 16.1. The van der Waals surface area contributed by atoms with Crippen molar-refractivity contribution in [3.8, 4) is 0 Å². The molecule has 0 saturated carbocycles. The number of aliphatic carboxylic acids is 1. The van der Waals surface area contributed by atoms with Crippen LogP contribution >= 0.6 is 0 Å². The van der Waals surface area contributed by atoms with Gasteiger partial charge in [0.2, 0.25) is 0 Å². The molecular formula is C15H21FN4O3. The molecule has 2 aliphatic heterocycles. The van der Waals surface area contributed by atoms with Crippen molar-refractivity contribution in [2.24, 2.45) is 0 Å². The molecular weight excluding hydrogens is 303 g/mol. The van der Waals surface area contributed by atoms with Crippen LogP contribution in [-0.2, 0) is 16.0 Å². The Hall–Kier alpha value is -1.80. The number of rotatable bonds is 4. The van der Waals surface area contributed by atoms with Crippen LogP contribution in [0.5, 0.6) is 0 Å². The first-order valence-corrected chi connectivity index (χ1v) is 7.89. The summed E-state index contributed by atoms with van der Waals surface area (Å²) in [6, 6.07) is 0. The molecule has 1 aromatic heterocycles. The van der Waals surface area contributed by atoms with Gasteiger partial charge >= 0.3 is 5.97 Å². The second-order valence-electron chi connectivity index (χ2n) is 5.92. The summed E-state index contributed by atoms with van der Waals surface area (Å²) in [7, 11) is 0. The van der Waals surface area contributed by atoms with E-state index >= 15 is 0 Å². The molecule has 0 bridgehead atoms. The third-order valence-corrected chi connectivity index (χ3v) is 4.76. The minimum absolute atomic E-state index is 0.212. The van der Waals surface area contributed by atoms with Crippen molar-refractivity contribution in [1.82, 2.24) is 14.9 Å². The SMILES string of the molecule is CCc1ncnc(N2CCN(C3(C(=O)O)CCOC3)CC2)c1F. The average molecular weight is 324 g/mol. The van der Waals surface area contributed by atoms with Gasteiger partial charge < -0.3 is 14.7 Å². The van der Waals surface area contributed by atoms with Crippen LogP contribution in [0.4, 0.5) is 10.2 Å². The molecule has 0 amide bonds.